The third kappa shape index (κ3) is 1.58. The molecule has 0 amide bonds. The Morgan fingerprint density at radius 1 is 1.33 bits per heavy atom. The van der Waals surface area contributed by atoms with Gasteiger partial charge in [0.15, 0.2) is 5.82 Å². The summed E-state index contributed by atoms with van der Waals surface area (Å²) >= 11 is 3.03. The summed E-state index contributed by atoms with van der Waals surface area (Å²) in [5.74, 6) is -0.284. The van der Waals surface area contributed by atoms with Crippen molar-refractivity contribution in [2.45, 2.75) is 12.7 Å². The molecule has 0 bridgehead atoms. The maximum Gasteiger partial charge on any atom is 0.151 e. The number of aromatic nitrogens is 2. The highest BCUT2D eigenvalue weighted by Crippen LogP contribution is 2.17. The molecule has 1 saturated heterocycles. The highest BCUT2D eigenvalue weighted by atomic mass is 79.9. The van der Waals surface area contributed by atoms with Gasteiger partial charge in [-0.25, -0.2) is 0 Å². The van der Waals surface area contributed by atoms with Crippen LogP contribution in [0.3, 0.4) is 0 Å². The fourth-order valence-electron chi connectivity index (χ4n) is 0.738. The Balaban J connectivity index is 2.66. The summed E-state index contributed by atoms with van der Waals surface area (Å²) in [4.78, 5) is 0.361. The topological polar surface area (TPSA) is 29.0 Å². The van der Waals surface area contributed by atoms with Crippen molar-refractivity contribution in [2.24, 2.45) is 0 Å². The smallest absolute Gasteiger partial charge is 0.151 e. The molecule has 0 N–H and O–H groups in total. The lowest BCUT2D eigenvalue weighted by Crippen LogP contribution is -2.19. The normalized spacial score (nSPS) is 43.6. The molecule has 3 nitrogen and oxygen atoms in total. The van der Waals surface area contributed by atoms with Gasteiger partial charge in [-0.15, -0.1) is 10.2 Å². The van der Waals surface area contributed by atoms with Crippen LogP contribution in [0.5, 0.6) is 0 Å². The van der Waals surface area contributed by atoms with Crippen LogP contribution in [0.1, 0.15) is 23.7 Å². The predicted octanol–water partition coefficient (Wildman–Crippen LogP) is 1.84. The Hall–Kier alpha value is -0.640. The van der Waals surface area contributed by atoms with E-state index in [0.717, 1.165) is 0 Å². The zero-order valence-electron chi connectivity index (χ0n) is 13.9. The standard InChI is InChI=1S/C8H10BrN3/c9-7-3-4-8(11-10-7)12-5-1-2-6-12/h3-4H,1-2,5-6H2/i1D2,2D2,5D2,6D2. The summed E-state index contributed by atoms with van der Waals surface area (Å²) in [5.41, 5.74) is 0. The molecule has 0 atom stereocenters. The van der Waals surface area contributed by atoms with Crippen LogP contribution in [0, 0.1) is 0 Å². The van der Waals surface area contributed by atoms with E-state index in [1.807, 2.05) is 0 Å². The van der Waals surface area contributed by atoms with Crippen molar-refractivity contribution in [1.82, 2.24) is 10.2 Å². The van der Waals surface area contributed by atoms with Crippen molar-refractivity contribution in [2.75, 3.05) is 17.9 Å². The predicted molar refractivity (Wildman–Crippen MR) is 51.2 cm³/mol. The van der Waals surface area contributed by atoms with E-state index >= 15 is 0 Å². The van der Waals surface area contributed by atoms with Gasteiger partial charge in [-0.1, -0.05) is 0 Å². The third-order valence-corrected chi connectivity index (χ3v) is 1.67. The van der Waals surface area contributed by atoms with Crippen LogP contribution in [0.15, 0.2) is 16.7 Å². The molecular weight excluding hydrogens is 218 g/mol. The summed E-state index contributed by atoms with van der Waals surface area (Å²) in [7, 11) is 0. The average Bonchev–Trinajstić information content (AvgIpc) is 2.36. The fraction of sp³-hybridized carbons (Fsp3) is 0.500. The number of anilines is 1. The van der Waals surface area contributed by atoms with Gasteiger partial charge < -0.3 is 4.90 Å². The van der Waals surface area contributed by atoms with Crippen LogP contribution in [-0.2, 0) is 0 Å². The molecule has 12 heavy (non-hydrogen) atoms. The molecule has 1 aliphatic heterocycles. The van der Waals surface area contributed by atoms with E-state index in [9.17, 15) is 0 Å². The first-order valence-corrected chi connectivity index (χ1v) is 3.96. The zero-order valence-corrected chi connectivity index (χ0v) is 7.46. The Labute approximate surface area is 91.2 Å². The van der Waals surface area contributed by atoms with Crippen molar-refractivity contribution in [3.8, 4) is 0 Å². The molecule has 0 saturated carbocycles. The lowest BCUT2D eigenvalue weighted by atomic mass is 10.4. The van der Waals surface area contributed by atoms with Crippen LogP contribution >= 0.6 is 15.9 Å². The van der Waals surface area contributed by atoms with Crippen LogP contribution in [0.4, 0.5) is 5.82 Å². The minimum Gasteiger partial charge on any atom is -0.355 e. The fourth-order valence-corrected chi connectivity index (χ4v) is 0.950. The van der Waals surface area contributed by atoms with E-state index < -0.39 is 25.7 Å². The quantitative estimate of drug-likeness (QED) is 0.745. The average molecular weight is 236 g/mol. The largest absolute Gasteiger partial charge is 0.355 e. The van der Waals surface area contributed by atoms with Gasteiger partial charge in [-0.3, -0.25) is 0 Å². The molecule has 2 heterocycles. The van der Waals surface area contributed by atoms with Gasteiger partial charge in [-0.2, -0.15) is 0 Å². The summed E-state index contributed by atoms with van der Waals surface area (Å²) in [6, 6.07) is 2.63. The van der Waals surface area contributed by atoms with E-state index in [1.165, 1.54) is 12.1 Å². The number of halogens is 1. The molecule has 64 valence electrons. The van der Waals surface area contributed by atoms with E-state index in [1.54, 1.807) is 0 Å². The first-order valence-electron chi connectivity index (χ1n) is 7.17. The summed E-state index contributed by atoms with van der Waals surface area (Å²) in [5, 5.41) is 7.20. The first-order chi connectivity index (χ1) is 8.87. The molecule has 2 rings (SSSR count). The molecule has 0 spiro atoms. The van der Waals surface area contributed by atoms with E-state index in [-0.39, 0.29) is 5.82 Å². The molecule has 1 aromatic heterocycles. The van der Waals surface area contributed by atoms with Gasteiger partial charge in [0.1, 0.15) is 4.60 Å². The molecule has 4 heteroatoms. The van der Waals surface area contributed by atoms with E-state index in [2.05, 4.69) is 26.1 Å². The van der Waals surface area contributed by atoms with E-state index in [0.29, 0.717) is 9.50 Å². The monoisotopic (exact) mass is 235 g/mol. The van der Waals surface area contributed by atoms with Crippen molar-refractivity contribution >= 4 is 21.7 Å². The molecule has 0 radical (unpaired) electrons. The Kier molecular flexibility index (Phi) is 0.831. The minimum absolute atomic E-state index is 0.284. The first kappa shape index (κ1) is 2.94. The van der Waals surface area contributed by atoms with Gasteiger partial charge in [0.25, 0.3) is 0 Å². The summed E-state index contributed by atoms with van der Waals surface area (Å²) in [6.45, 7) is -5.86. The zero-order chi connectivity index (χ0) is 15.6. The molecule has 0 aliphatic carbocycles. The molecule has 1 aliphatic rings. The van der Waals surface area contributed by atoms with Crippen molar-refractivity contribution in [3.05, 3.63) is 16.7 Å². The molecular formula is C8H10BrN3. The van der Waals surface area contributed by atoms with E-state index in [4.69, 9.17) is 11.0 Å². The molecule has 1 fully saturated rings. The van der Waals surface area contributed by atoms with Gasteiger partial charge >= 0.3 is 0 Å². The van der Waals surface area contributed by atoms with Gasteiger partial charge in [0.05, 0.1) is 0 Å². The molecule has 0 unspecified atom stereocenters. The third-order valence-electron chi connectivity index (χ3n) is 1.24. The van der Waals surface area contributed by atoms with Crippen molar-refractivity contribution in [1.29, 1.82) is 0 Å². The second-order valence-corrected chi connectivity index (χ2v) is 2.84. The summed E-state index contributed by atoms with van der Waals surface area (Å²) in [6.07, 6.45) is -6.14. The lowest BCUT2D eigenvalue weighted by molar-refractivity contribution is 0.886. The molecule has 1 aromatic rings. The second kappa shape index (κ2) is 3.39. The highest BCUT2D eigenvalue weighted by molar-refractivity contribution is 9.10. The van der Waals surface area contributed by atoms with Crippen LogP contribution in [-0.4, -0.2) is 23.2 Å². The Morgan fingerprint density at radius 2 is 2.08 bits per heavy atom. The lowest BCUT2D eigenvalue weighted by Gasteiger charge is -2.14. The van der Waals surface area contributed by atoms with Gasteiger partial charge in [0, 0.05) is 24.0 Å². The van der Waals surface area contributed by atoms with Crippen LogP contribution in [0.25, 0.3) is 0 Å². The second-order valence-electron chi connectivity index (χ2n) is 2.02. The summed E-state index contributed by atoms with van der Waals surface area (Å²) < 4.78 is 62.2. The van der Waals surface area contributed by atoms with Crippen molar-refractivity contribution < 1.29 is 11.0 Å². The maximum absolute atomic E-state index is 7.81. The number of hydrogen-bond acceptors (Lipinski definition) is 3. The Bertz CT molecular complexity index is 505. The number of rotatable bonds is 1. The van der Waals surface area contributed by atoms with Gasteiger partial charge in [0.2, 0.25) is 0 Å². The number of hydrogen-bond donors (Lipinski definition) is 0. The van der Waals surface area contributed by atoms with Crippen LogP contribution in [0.2, 0.25) is 0 Å². The minimum atomic E-state index is -3.07. The highest BCUT2D eigenvalue weighted by Gasteiger charge is 2.12. The maximum atomic E-state index is 7.81. The molecule has 0 aromatic carbocycles. The van der Waals surface area contributed by atoms with Gasteiger partial charge in [-0.05, 0) is 40.8 Å². The SMILES string of the molecule is [2H]C1([2H])N(c2ccc(Br)nn2)C([2H])([2H])C([2H])([2H])C1([2H])[2H]. The Morgan fingerprint density at radius 3 is 2.67 bits per heavy atom. The van der Waals surface area contributed by atoms with Crippen molar-refractivity contribution in [3.63, 3.8) is 0 Å². The number of nitrogens with zero attached hydrogens (tertiary/aromatic N) is 3. The van der Waals surface area contributed by atoms with Crippen LogP contribution < -0.4 is 4.90 Å².